The van der Waals surface area contributed by atoms with Crippen LogP contribution in [0.2, 0.25) is 0 Å². The lowest BCUT2D eigenvalue weighted by Crippen LogP contribution is -2.34. The Bertz CT molecular complexity index is 396. The molecule has 1 N–H and O–H groups in total. The second-order valence-electron chi connectivity index (χ2n) is 5.40. The van der Waals surface area contributed by atoms with Crippen molar-refractivity contribution in [2.75, 3.05) is 34.3 Å². The summed E-state index contributed by atoms with van der Waals surface area (Å²) >= 11 is 3.55. The first-order chi connectivity index (χ1) is 9.56. The molecule has 0 bridgehead atoms. The van der Waals surface area contributed by atoms with Crippen LogP contribution in [-0.2, 0) is 6.42 Å². The molecule has 0 saturated carbocycles. The van der Waals surface area contributed by atoms with Crippen LogP contribution in [0.4, 0.5) is 0 Å². The summed E-state index contributed by atoms with van der Waals surface area (Å²) < 4.78 is 6.58. The van der Waals surface area contributed by atoms with Crippen molar-refractivity contribution < 1.29 is 4.74 Å². The lowest BCUT2D eigenvalue weighted by Gasteiger charge is -2.22. The highest BCUT2D eigenvalue weighted by atomic mass is 79.9. The molecule has 0 saturated heterocycles. The zero-order valence-electron chi connectivity index (χ0n) is 13.1. The smallest absolute Gasteiger partial charge is 0.122 e. The summed E-state index contributed by atoms with van der Waals surface area (Å²) in [4.78, 5) is 2.23. The molecule has 0 aromatic heterocycles. The van der Waals surface area contributed by atoms with Gasteiger partial charge in [-0.05, 0) is 70.2 Å². The number of hydrogen-bond donors (Lipinski definition) is 1. The second kappa shape index (κ2) is 9.37. The van der Waals surface area contributed by atoms with E-state index in [0.717, 1.165) is 42.6 Å². The Kier molecular flexibility index (Phi) is 8.19. The Morgan fingerprint density at radius 3 is 2.70 bits per heavy atom. The van der Waals surface area contributed by atoms with Crippen LogP contribution in [0, 0.1) is 0 Å². The first-order valence-corrected chi connectivity index (χ1v) is 8.06. The van der Waals surface area contributed by atoms with E-state index >= 15 is 0 Å². The van der Waals surface area contributed by atoms with E-state index in [2.05, 4.69) is 53.2 Å². The molecule has 0 fully saturated rings. The van der Waals surface area contributed by atoms with Crippen LogP contribution < -0.4 is 10.1 Å². The number of rotatable bonds is 9. The molecule has 20 heavy (non-hydrogen) atoms. The molecular formula is C16H27BrN2O. The summed E-state index contributed by atoms with van der Waals surface area (Å²) in [6.07, 6.45) is 3.30. The normalized spacial score (nSPS) is 12.7. The molecule has 114 valence electrons. The van der Waals surface area contributed by atoms with Crippen LogP contribution in [0.25, 0.3) is 0 Å². The quantitative estimate of drug-likeness (QED) is 0.744. The fourth-order valence-electron chi connectivity index (χ4n) is 2.21. The molecule has 0 spiro atoms. The molecule has 0 heterocycles. The Morgan fingerprint density at radius 1 is 1.35 bits per heavy atom. The van der Waals surface area contributed by atoms with Gasteiger partial charge in [0.05, 0.1) is 7.11 Å². The van der Waals surface area contributed by atoms with E-state index in [0.29, 0.717) is 6.04 Å². The number of hydrogen-bond acceptors (Lipinski definition) is 3. The van der Waals surface area contributed by atoms with Crippen LogP contribution in [0.3, 0.4) is 0 Å². The van der Waals surface area contributed by atoms with Gasteiger partial charge in [0.15, 0.2) is 0 Å². The Hall–Kier alpha value is -0.580. The van der Waals surface area contributed by atoms with Gasteiger partial charge in [0.2, 0.25) is 0 Å². The Labute approximate surface area is 131 Å². The predicted octanol–water partition coefficient (Wildman–Crippen LogP) is 3.32. The zero-order chi connectivity index (χ0) is 15.0. The van der Waals surface area contributed by atoms with Gasteiger partial charge in [0, 0.05) is 10.5 Å². The summed E-state index contributed by atoms with van der Waals surface area (Å²) in [5, 5.41) is 3.65. The molecule has 1 atom stereocenters. The molecule has 3 nitrogen and oxygen atoms in total. The van der Waals surface area contributed by atoms with E-state index in [1.165, 1.54) is 5.56 Å². The minimum absolute atomic E-state index is 0.487. The number of benzene rings is 1. The molecule has 1 aromatic carbocycles. The number of ether oxygens (including phenoxy) is 1. The van der Waals surface area contributed by atoms with Crippen LogP contribution >= 0.6 is 15.9 Å². The molecule has 4 heteroatoms. The van der Waals surface area contributed by atoms with Gasteiger partial charge in [-0.3, -0.25) is 0 Å². The maximum atomic E-state index is 5.47. The molecule has 0 aliphatic carbocycles. The standard InChI is InChI=1S/C16H27BrN2O/c1-5-9-18-15(8-10-19(2)3)12-13-11-14(17)6-7-16(13)20-4/h6-7,11,15,18H,5,8-10,12H2,1-4H3. The highest BCUT2D eigenvalue weighted by Crippen LogP contribution is 2.24. The van der Waals surface area contributed by atoms with Crippen molar-refractivity contribution >= 4 is 15.9 Å². The highest BCUT2D eigenvalue weighted by Gasteiger charge is 2.13. The van der Waals surface area contributed by atoms with Gasteiger partial charge in [-0.15, -0.1) is 0 Å². The molecule has 0 amide bonds. The fraction of sp³-hybridized carbons (Fsp3) is 0.625. The summed E-state index contributed by atoms with van der Waals surface area (Å²) in [5.41, 5.74) is 1.26. The van der Waals surface area contributed by atoms with Crippen molar-refractivity contribution in [3.63, 3.8) is 0 Å². The van der Waals surface area contributed by atoms with Gasteiger partial charge in [-0.25, -0.2) is 0 Å². The average molecular weight is 343 g/mol. The third kappa shape index (κ3) is 6.25. The van der Waals surface area contributed by atoms with E-state index in [1.54, 1.807) is 7.11 Å². The van der Waals surface area contributed by atoms with Gasteiger partial charge in [-0.2, -0.15) is 0 Å². The number of halogens is 1. The van der Waals surface area contributed by atoms with Crippen LogP contribution in [0.5, 0.6) is 5.75 Å². The monoisotopic (exact) mass is 342 g/mol. The topological polar surface area (TPSA) is 24.5 Å². The van der Waals surface area contributed by atoms with Crippen LogP contribution in [-0.4, -0.2) is 45.2 Å². The van der Waals surface area contributed by atoms with E-state index in [1.807, 2.05) is 12.1 Å². The molecule has 1 aromatic rings. The van der Waals surface area contributed by atoms with Gasteiger partial charge in [0.1, 0.15) is 5.75 Å². The summed E-state index contributed by atoms with van der Waals surface area (Å²) in [6, 6.07) is 6.70. The first kappa shape index (κ1) is 17.5. The summed E-state index contributed by atoms with van der Waals surface area (Å²) in [7, 11) is 5.98. The number of nitrogens with one attached hydrogen (secondary N) is 1. The lowest BCUT2D eigenvalue weighted by molar-refractivity contribution is 0.352. The molecule has 0 radical (unpaired) electrons. The molecule has 0 aliphatic heterocycles. The average Bonchev–Trinajstić information content (AvgIpc) is 2.42. The minimum atomic E-state index is 0.487. The lowest BCUT2D eigenvalue weighted by atomic mass is 10.0. The maximum Gasteiger partial charge on any atom is 0.122 e. The minimum Gasteiger partial charge on any atom is -0.496 e. The number of methoxy groups -OCH3 is 1. The largest absolute Gasteiger partial charge is 0.496 e. The van der Waals surface area contributed by atoms with Crippen molar-refractivity contribution in [2.45, 2.75) is 32.2 Å². The van der Waals surface area contributed by atoms with Crippen molar-refractivity contribution in [3.05, 3.63) is 28.2 Å². The third-order valence-corrected chi connectivity index (χ3v) is 3.81. The molecule has 1 unspecified atom stereocenters. The molecule has 0 aliphatic rings. The fourth-order valence-corrected chi connectivity index (χ4v) is 2.62. The van der Waals surface area contributed by atoms with Gasteiger partial charge in [-0.1, -0.05) is 22.9 Å². The van der Waals surface area contributed by atoms with Crippen molar-refractivity contribution in [1.82, 2.24) is 10.2 Å². The van der Waals surface area contributed by atoms with Crippen LogP contribution in [0.1, 0.15) is 25.3 Å². The van der Waals surface area contributed by atoms with E-state index in [-0.39, 0.29) is 0 Å². The van der Waals surface area contributed by atoms with Gasteiger partial charge in [0.25, 0.3) is 0 Å². The van der Waals surface area contributed by atoms with Gasteiger partial charge < -0.3 is 15.0 Å². The zero-order valence-corrected chi connectivity index (χ0v) is 14.7. The van der Waals surface area contributed by atoms with Crippen molar-refractivity contribution in [3.8, 4) is 5.75 Å². The molecular weight excluding hydrogens is 316 g/mol. The van der Waals surface area contributed by atoms with Gasteiger partial charge >= 0.3 is 0 Å². The maximum absolute atomic E-state index is 5.47. The Morgan fingerprint density at radius 2 is 2.10 bits per heavy atom. The molecule has 1 rings (SSSR count). The Balaban J connectivity index is 2.73. The van der Waals surface area contributed by atoms with E-state index < -0.39 is 0 Å². The number of nitrogens with zero attached hydrogens (tertiary/aromatic N) is 1. The highest BCUT2D eigenvalue weighted by molar-refractivity contribution is 9.10. The van der Waals surface area contributed by atoms with E-state index in [4.69, 9.17) is 4.74 Å². The second-order valence-corrected chi connectivity index (χ2v) is 6.32. The predicted molar refractivity (Wildman–Crippen MR) is 89.7 cm³/mol. The summed E-state index contributed by atoms with van der Waals surface area (Å²) in [5.74, 6) is 0.973. The summed E-state index contributed by atoms with van der Waals surface area (Å²) in [6.45, 7) is 4.36. The van der Waals surface area contributed by atoms with Crippen molar-refractivity contribution in [2.24, 2.45) is 0 Å². The van der Waals surface area contributed by atoms with Crippen LogP contribution in [0.15, 0.2) is 22.7 Å². The first-order valence-electron chi connectivity index (χ1n) is 7.27. The SMILES string of the molecule is CCCNC(CCN(C)C)Cc1cc(Br)ccc1OC. The third-order valence-electron chi connectivity index (χ3n) is 3.32. The van der Waals surface area contributed by atoms with Crippen molar-refractivity contribution in [1.29, 1.82) is 0 Å². The van der Waals surface area contributed by atoms with E-state index in [9.17, 15) is 0 Å².